The third-order valence-electron chi connectivity index (χ3n) is 4.34. The molecule has 0 amide bonds. The maximum atomic E-state index is 10.4. The number of aliphatic hydroxyl groups excluding tert-OH is 1. The predicted molar refractivity (Wildman–Crippen MR) is 64.3 cm³/mol. The molecule has 94 valence electrons. The Balaban J connectivity index is 1.88. The summed E-state index contributed by atoms with van der Waals surface area (Å²) in [5, 5.41) is 20.3. The van der Waals surface area contributed by atoms with Crippen molar-refractivity contribution < 1.29 is 10.2 Å². The van der Waals surface area contributed by atoms with Gasteiger partial charge in [0, 0.05) is 12.6 Å². The zero-order valence-corrected chi connectivity index (χ0v) is 10.4. The largest absolute Gasteiger partial charge is 0.391 e. The van der Waals surface area contributed by atoms with Gasteiger partial charge in [-0.3, -0.25) is 4.90 Å². The summed E-state index contributed by atoms with van der Waals surface area (Å²) < 4.78 is 0. The fourth-order valence-corrected chi connectivity index (χ4v) is 3.38. The molecule has 0 aliphatic heterocycles. The minimum atomic E-state index is -0.480. The van der Waals surface area contributed by atoms with Gasteiger partial charge in [0.2, 0.25) is 0 Å². The summed E-state index contributed by atoms with van der Waals surface area (Å²) in [6, 6.07) is 0.262. The van der Waals surface area contributed by atoms with Crippen molar-refractivity contribution in [1.29, 1.82) is 0 Å². The monoisotopic (exact) mass is 227 g/mol. The molecule has 0 heterocycles. The summed E-state index contributed by atoms with van der Waals surface area (Å²) in [6.07, 6.45) is 8.33. The number of rotatable bonds is 3. The molecule has 0 aromatic carbocycles. The lowest BCUT2D eigenvalue weighted by Crippen LogP contribution is -2.49. The summed E-state index contributed by atoms with van der Waals surface area (Å²) in [5.41, 5.74) is -0.480. The molecule has 2 fully saturated rings. The molecule has 0 bridgehead atoms. The average molecular weight is 227 g/mol. The van der Waals surface area contributed by atoms with Crippen molar-refractivity contribution >= 4 is 0 Å². The number of hydrogen-bond acceptors (Lipinski definition) is 3. The number of hydrogen-bond donors (Lipinski definition) is 2. The van der Waals surface area contributed by atoms with Crippen molar-refractivity contribution in [3.63, 3.8) is 0 Å². The normalized spacial score (nSPS) is 34.5. The lowest BCUT2D eigenvalue weighted by Gasteiger charge is -2.38. The van der Waals surface area contributed by atoms with Crippen molar-refractivity contribution in [1.82, 2.24) is 4.90 Å². The van der Waals surface area contributed by atoms with Crippen LogP contribution in [0.2, 0.25) is 0 Å². The summed E-state index contributed by atoms with van der Waals surface area (Å²) in [5.74, 6) is 0. The van der Waals surface area contributed by atoms with Gasteiger partial charge in [-0.05, 0) is 32.7 Å². The Bertz CT molecular complexity index is 226. The molecule has 3 nitrogen and oxygen atoms in total. The van der Waals surface area contributed by atoms with Crippen LogP contribution in [0.4, 0.5) is 0 Å². The Hall–Kier alpha value is -0.120. The van der Waals surface area contributed by atoms with Crippen LogP contribution < -0.4 is 0 Å². The van der Waals surface area contributed by atoms with E-state index in [1.807, 2.05) is 0 Å². The van der Waals surface area contributed by atoms with E-state index in [-0.39, 0.29) is 12.1 Å². The summed E-state index contributed by atoms with van der Waals surface area (Å²) in [7, 11) is 2.05. The molecule has 2 atom stereocenters. The molecule has 0 spiro atoms. The number of aliphatic hydroxyl groups is 2. The second-order valence-electron chi connectivity index (χ2n) is 5.77. The molecule has 0 saturated heterocycles. The molecule has 3 heteroatoms. The Labute approximate surface area is 98.5 Å². The van der Waals surface area contributed by atoms with Gasteiger partial charge in [0.05, 0.1) is 11.7 Å². The highest BCUT2D eigenvalue weighted by Gasteiger charge is 2.35. The molecule has 2 aliphatic carbocycles. The molecule has 0 unspecified atom stereocenters. The Morgan fingerprint density at radius 3 is 2.38 bits per heavy atom. The summed E-state index contributed by atoms with van der Waals surface area (Å²) >= 11 is 0. The summed E-state index contributed by atoms with van der Waals surface area (Å²) in [4.78, 5) is 2.19. The third-order valence-corrected chi connectivity index (χ3v) is 4.34. The SMILES string of the molecule is CN(CC1(O)CCCC1)[C@@H]1CCCC[C@H]1O. The van der Waals surface area contributed by atoms with Crippen molar-refractivity contribution in [3.8, 4) is 0 Å². The van der Waals surface area contributed by atoms with Crippen LogP contribution >= 0.6 is 0 Å². The molecule has 0 radical (unpaired) electrons. The Morgan fingerprint density at radius 1 is 1.12 bits per heavy atom. The van der Waals surface area contributed by atoms with E-state index in [0.717, 1.165) is 51.5 Å². The van der Waals surface area contributed by atoms with E-state index < -0.39 is 5.60 Å². The zero-order valence-electron chi connectivity index (χ0n) is 10.4. The topological polar surface area (TPSA) is 43.7 Å². The lowest BCUT2D eigenvalue weighted by molar-refractivity contribution is -0.0294. The van der Waals surface area contributed by atoms with E-state index in [1.54, 1.807) is 0 Å². The zero-order chi connectivity index (χ0) is 11.6. The van der Waals surface area contributed by atoms with Crippen molar-refractivity contribution in [2.75, 3.05) is 13.6 Å². The van der Waals surface area contributed by atoms with Gasteiger partial charge in [-0.1, -0.05) is 25.7 Å². The van der Waals surface area contributed by atoms with Gasteiger partial charge in [-0.25, -0.2) is 0 Å². The standard InChI is InChI=1S/C13H25NO2/c1-14(10-13(16)8-4-5-9-13)11-6-2-3-7-12(11)15/h11-12,15-16H,2-10H2,1H3/t11-,12-/m1/s1. The first-order valence-electron chi connectivity index (χ1n) is 6.71. The fourth-order valence-electron chi connectivity index (χ4n) is 3.38. The second kappa shape index (κ2) is 5.03. The highest BCUT2D eigenvalue weighted by atomic mass is 16.3. The van der Waals surface area contributed by atoms with E-state index in [0.29, 0.717) is 0 Å². The maximum Gasteiger partial charge on any atom is 0.0774 e. The highest BCUT2D eigenvalue weighted by Crippen LogP contribution is 2.32. The van der Waals surface area contributed by atoms with Gasteiger partial charge < -0.3 is 10.2 Å². The smallest absolute Gasteiger partial charge is 0.0774 e. The molecule has 2 aliphatic rings. The minimum Gasteiger partial charge on any atom is -0.391 e. The van der Waals surface area contributed by atoms with E-state index in [4.69, 9.17) is 0 Å². The third kappa shape index (κ3) is 2.76. The fraction of sp³-hybridized carbons (Fsp3) is 1.00. The van der Waals surface area contributed by atoms with E-state index >= 15 is 0 Å². The Morgan fingerprint density at radius 2 is 1.75 bits per heavy atom. The van der Waals surface area contributed by atoms with Gasteiger partial charge in [-0.15, -0.1) is 0 Å². The van der Waals surface area contributed by atoms with Crippen LogP contribution in [0.5, 0.6) is 0 Å². The van der Waals surface area contributed by atoms with Gasteiger partial charge in [-0.2, -0.15) is 0 Å². The van der Waals surface area contributed by atoms with Crippen molar-refractivity contribution in [2.24, 2.45) is 0 Å². The molecule has 2 rings (SSSR count). The van der Waals surface area contributed by atoms with Crippen LogP contribution in [0.15, 0.2) is 0 Å². The molecule has 16 heavy (non-hydrogen) atoms. The molecule has 0 aromatic rings. The average Bonchev–Trinajstić information content (AvgIpc) is 2.65. The van der Waals surface area contributed by atoms with E-state index in [9.17, 15) is 10.2 Å². The quantitative estimate of drug-likeness (QED) is 0.768. The van der Waals surface area contributed by atoms with Crippen molar-refractivity contribution in [2.45, 2.75) is 69.1 Å². The van der Waals surface area contributed by atoms with Gasteiger partial charge in [0.1, 0.15) is 0 Å². The number of likely N-dealkylation sites (N-methyl/N-ethyl adjacent to an activating group) is 1. The number of nitrogens with zero attached hydrogens (tertiary/aromatic N) is 1. The first-order chi connectivity index (χ1) is 7.61. The first kappa shape index (κ1) is 12.3. The van der Waals surface area contributed by atoms with Crippen LogP contribution in [-0.2, 0) is 0 Å². The molecule has 0 aromatic heterocycles. The van der Waals surface area contributed by atoms with Gasteiger partial charge in [0.15, 0.2) is 0 Å². The molecule has 2 saturated carbocycles. The molecule has 2 N–H and O–H groups in total. The lowest BCUT2D eigenvalue weighted by atomic mass is 9.90. The molecular formula is C13H25NO2. The van der Waals surface area contributed by atoms with E-state index in [1.165, 1.54) is 6.42 Å². The van der Waals surface area contributed by atoms with Crippen LogP contribution in [-0.4, -0.2) is 46.5 Å². The Kier molecular flexibility index (Phi) is 3.88. The first-order valence-corrected chi connectivity index (χ1v) is 6.71. The second-order valence-corrected chi connectivity index (χ2v) is 5.77. The van der Waals surface area contributed by atoms with Crippen LogP contribution in [0.3, 0.4) is 0 Å². The highest BCUT2D eigenvalue weighted by molar-refractivity contribution is 4.90. The molecular weight excluding hydrogens is 202 g/mol. The van der Waals surface area contributed by atoms with Crippen molar-refractivity contribution in [3.05, 3.63) is 0 Å². The van der Waals surface area contributed by atoms with E-state index in [2.05, 4.69) is 11.9 Å². The van der Waals surface area contributed by atoms with Crippen LogP contribution in [0, 0.1) is 0 Å². The maximum absolute atomic E-state index is 10.4. The van der Waals surface area contributed by atoms with Gasteiger partial charge in [0.25, 0.3) is 0 Å². The predicted octanol–water partition coefficient (Wildman–Crippen LogP) is 1.53. The van der Waals surface area contributed by atoms with Gasteiger partial charge >= 0.3 is 0 Å². The van der Waals surface area contributed by atoms with Crippen LogP contribution in [0.1, 0.15) is 51.4 Å². The minimum absolute atomic E-state index is 0.191. The summed E-state index contributed by atoms with van der Waals surface area (Å²) in [6.45, 7) is 0.731. The van der Waals surface area contributed by atoms with Crippen LogP contribution in [0.25, 0.3) is 0 Å².